The number of nitrogen functional groups attached to an aromatic ring is 1. The number of aromatic nitrogens is 1. The largest absolute Gasteiger partial charge is 0.308 e. The van der Waals surface area contributed by atoms with E-state index in [4.69, 9.17) is 29.0 Å². The van der Waals surface area contributed by atoms with E-state index in [9.17, 15) is 0 Å². The molecule has 6 heteroatoms. The van der Waals surface area contributed by atoms with Crippen LogP contribution in [-0.4, -0.2) is 4.98 Å². The average molecular weight is 307 g/mol. The highest BCUT2D eigenvalue weighted by molar-refractivity contribution is 9.10. The number of halogens is 3. The van der Waals surface area contributed by atoms with Gasteiger partial charge in [-0.3, -0.25) is 0 Å². The molecule has 0 saturated carbocycles. The molecule has 78 valence electrons. The fourth-order valence-electron chi connectivity index (χ4n) is 1.25. The lowest BCUT2D eigenvalue weighted by atomic mass is 10.2. The number of hydrazine groups is 1. The summed E-state index contributed by atoms with van der Waals surface area (Å²) < 4.78 is 0.747. The van der Waals surface area contributed by atoms with E-state index < -0.39 is 0 Å². The average Bonchev–Trinajstić information content (AvgIpc) is 2.26. The second kappa shape index (κ2) is 4.14. The molecule has 3 N–H and O–H groups in total. The third kappa shape index (κ3) is 1.90. The molecule has 0 aliphatic rings. The first-order valence-corrected chi connectivity index (χ1v) is 5.59. The second-order valence-corrected chi connectivity index (χ2v) is 4.51. The minimum absolute atomic E-state index is 0.415. The summed E-state index contributed by atoms with van der Waals surface area (Å²) in [4.78, 5) is 4.22. The Bertz CT molecular complexity index is 530. The Labute approximate surface area is 105 Å². The highest BCUT2D eigenvalue weighted by Crippen LogP contribution is 2.36. The molecular weight excluding hydrogens is 301 g/mol. The number of anilines is 1. The predicted octanol–water partition coefficient (Wildman–Crippen LogP) is 3.59. The number of pyridine rings is 1. The fourth-order valence-corrected chi connectivity index (χ4v) is 2.21. The third-order valence-corrected chi connectivity index (χ3v) is 3.68. The van der Waals surface area contributed by atoms with Crippen LogP contribution in [0.1, 0.15) is 0 Å². The number of hydrogen-bond donors (Lipinski definition) is 2. The van der Waals surface area contributed by atoms with Gasteiger partial charge >= 0.3 is 0 Å². The van der Waals surface area contributed by atoms with Crippen molar-refractivity contribution in [2.45, 2.75) is 0 Å². The van der Waals surface area contributed by atoms with Crippen molar-refractivity contribution in [2.24, 2.45) is 5.84 Å². The molecular formula is C9H6BrCl2N3. The maximum Gasteiger partial charge on any atom is 0.140 e. The number of hydrogen-bond acceptors (Lipinski definition) is 3. The van der Waals surface area contributed by atoms with Gasteiger partial charge < -0.3 is 5.43 Å². The second-order valence-electron chi connectivity index (χ2n) is 2.90. The Morgan fingerprint density at radius 3 is 2.67 bits per heavy atom. The fraction of sp³-hybridized carbons (Fsp3) is 0. The van der Waals surface area contributed by atoms with E-state index in [1.165, 1.54) is 0 Å². The van der Waals surface area contributed by atoms with Crippen molar-refractivity contribution >= 4 is 55.9 Å². The number of nitrogens with zero attached hydrogens (tertiary/aromatic N) is 1. The SMILES string of the molecule is NNc1ccc2cc(Br)c(Cl)c(Cl)c2n1. The van der Waals surface area contributed by atoms with Crippen molar-refractivity contribution in [3.63, 3.8) is 0 Å². The van der Waals surface area contributed by atoms with Crippen LogP contribution in [-0.2, 0) is 0 Å². The van der Waals surface area contributed by atoms with E-state index in [1.807, 2.05) is 12.1 Å². The van der Waals surface area contributed by atoms with E-state index >= 15 is 0 Å². The molecule has 2 aromatic rings. The van der Waals surface area contributed by atoms with E-state index in [2.05, 4.69) is 26.3 Å². The number of nitrogens with one attached hydrogen (secondary N) is 1. The van der Waals surface area contributed by atoms with Gasteiger partial charge in [0.15, 0.2) is 0 Å². The van der Waals surface area contributed by atoms with Gasteiger partial charge in [-0.25, -0.2) is 10.8 Å². The van der Waals surface area contributed by atoms with Crippen molar-refractivity contribution in [1.82, 2.24) is 4.98 Å². The van der Waals surface area contributed by atoms with E-state index in [0.29, 0.717) is 21.4 Å². The van der Waals surface area contributed by atoms with Gasteiger partial charge in [-0.15, -0.1) is 0 Å². The lowest BCUT2D eigenvalue weighted by Crippen LogP contribution is -2.08. The summed E-state index contributed by atoms with van der Waals surface area (Å²) in [6, 6.07) is 5.49. The van der Waals surface area contributed by atoms with Crippen LogP contribution in [0.25, 0.3) is 10.9 Å². The quantitative estimate of drug-likeness (QED) is 0.481. The lowest BCUT2D eigenvalue weighted by Gasteiger charge is -2.06. The Morgan fingerprint density at radius 2 is 2.00 bits per heavy atom. The third-order valence-electron chi connectivity index (χ3n) is 1.97. The molecule has 15 heavy (non-hydrogen) atoms. The Hall–Kier alpha value is -0.550. The maximum atomic E-state index is 6.07. The summed E-state index contributed by atoms with van der Waals surface area (Å²) in [5, 5.41) is 1.76. The van der Waals surface area contributed by atoms with Gasteiger partial charge in [0, 0.05) is 9.86 Å². The molecule has 1 heterocycles. The molecule has 0 aliphatic heterocycles. The summed E-state index contributed by atoms with van der Waals surface area (Å²) in [5.41, 5.74) is 3.08. The zero-order valence-electron chi connectivity index (χ0n) is 7.39. The van der Waals surface area contributed by atoms with Gasteiger partial charge in [0.1, 0.15) is 5.82 Å². The van der Waals surface area contributed by atoms with Crippen LogP contribution in [0.3, 0.4) is 0 Å². The van der Waals surface area contributed by atoms with Crippen molar-refractivity contribution in [1.29, 1.82) is 0 Å². The minimum Gasteiger partial charge on any atom is -0.308 e. The van der Waals surface area contributed by atoms with Crippen molar-refractivity contribution in [2.75, 3.05) is 5.43 Å². The highest BCUT2D eigenvalue weighted by Gasteiger charge is 2.09. The molecule has 0 bridgehead atoms. The van der Waals surface area contributed by atoms with Crippen molar-refractivity contribution < 1.29 is 0 Å². The summed E-state index contributed by atoms with van der Waals surface area (Å²) in [5.74, 6) is 5.81. The monoisotopic (exact) mass is 305 g/mol. The Morgan fingerprint density at radius 1 is 1.27 bits per heavy atom. The van der Waals surface area contributed by atoms with E-state index in [0.717, 1.165) is 9.86 Å². The Kier molecular flexibility index (Phi) is 3.02. The summed E-state index contributed by atoms with van der Waals surface area (Å²) in [6.45, 7) is 0. The van der Waals surface area contributed by atoms with Gasteiger partial charge in [-0.1, -0.05) is 23.2 Å². The summed E-state index contributed by atoms with van der Waals surface area (Å²) >= 11 is 15.4. The molecule has 0 unspecified atom stereocenters. The molecule has 0 radical (unpaired) electrons. The number of benzene rings is 1. The van der Waals surface area contributed by atoms with Crippen LogP contribution in [0.5, 0.6) is 0 Å². The zero-order chi connectivity index (χ0) is 11.0. The van der Waals surface area contributed by atoms with Crippen molar-refractivity contribution in [3.05, 3.63) is 32.7 Å². The van der Waals surface area contributed by atoms with Crippen LogP contribution < -0.4 is 11.3 Å². The molecule has 0 spiro atoms. The van der Waals surface area contributed by atoms with Crippen LogP contribution in [0.2, 0.25) is 10.0 Å². The van der Waals surface area contributed by atoms with E-state index in [1.54, 1.807) is 6.07 Å². The number of rotatable bonds is 1. The van der Waals surface area contributed by atoms with Crippen molar-refractivity contribution in [3.8, 4) is 0 Å². The summed E-state index contributed by atoms with van der Waals surface area (Å²) in [6.07, 6.45) is 0. The predicted molar refractivity (Wildman–Crippen MR) is 67.3 cm³/mol. The number of fused-ring (bicyclic) bond motifs is 1. The molecule has 0 saturated heterocycles. The first-order chi connectivity index (χ1) is 7.13. The van der Waals surface area contributed by atoms with Gasteiger partial charge in [-0.05, 0) is 34.1 Å². The standard InChI is InChI=1S/C9H6BrCl2N3/c10-5-3-4-1-2-6(15-13)14-9(4)8(12)7(5)11/h1-3H,13H2,(H,14,15). The molecule has 0 fully saturated rings. The molecule has 1 aromatic heterocycles. The van der Waals surface area contributed by atoms with Gasteiger partial charge in [-0.2, -0.15) is 0 Å². The molecule has 0 atom stereocenters. The lowest BCUT2D eigenvalue weighted by molar-refractivity contribution is 1.26. The van der Waals surface area contributed by atoms with Gasteiger partial charge in [0.25, 0.3) is 0 Å². The molecule has 1 aromatic carbocycles. The minimum atomic E-state index is 0.415. The first kappa shape index (κ1) is 11.0. The smallest absolute Gasteiger partial charge is 0.140 e. The Balaban J connectivity index is 2.81. The first-order valence-electron chi connectivity index (χ1n) is 4.04. The molecule has 0 aliphatic carbocycles. The van der Waals surface area contributed by atoms with Crippen LogP contribution in [0.4, 0.5) is 5.82 Å². The normalized spacial score (nSPS) is 10.7. The van der Waals surface area contributed by atoms with Crippen LogP contribution in [0.15, 0.2) is 22.7 Å². The topological polar surface area (TPSA) is 50.9 Å². The van der Waals surface area contributed by atoms with Crippen LogP contribution >= 0.6 is 39.1 Å². The molecule has 3 nitrogen and oxygen atoms in total. The molecule has 2 rings (SSSR count). The zero-order valence-corrected chi connectivity index (χ0v) is 10.5. The maximum absolute atomic E-state index is 6.07. The highest BCUT2D eigenvalue weighted by atomic mass is 79.9. The van der Waals surface area contributed by atoms with E-state index in [-0.39, 0.29) is 0 Å². The number of nitrogens with two attached hydrogens (primary N) is 1. The summed E-state index contributed by atoms with van der Waals surface area (Å²) in [7, 11) is 0. The van der Waals surface area contributed by atoms with Crippen LogP contribution in [0, 0.1) is 0 Å². The molecule has 0 amide bonds. The van der Waals surface area contributed by atoms with Gasteiger partial charge in [0.2, 0.25) is 0 Å². The van der Waals surface area contributed by atoms with Gasteiger partial charge in [0.05, 0.1) is 15.6 Å².